The van der Waals surface area contributed by atoms with Crippen LogP contribution in [0.5, 0.6) is 0 Å². The first kappa shape index (κ1) is 33.4. The molecule has 4 rings (SSSR count). The van der Waals surface area contributed by atoms with E-state index in [0.29, 0.717) is 17.7 Å². The standard InChI is InChI=1S/C36H57N5O2/c1-3-5-14-28(37)20-26-39(27-21-29(38)15-6-4-2)22-10-8-7-9-11-25-41-35(42)31-17-12-16-30-33(40-23-13-24-40)19-18-32(34(30)31)36(41)43/h12,16-19,28-29H,3-11,13-15,20-27,37-38H2,1-2H3. The van der Waals surface area contributed by atoms with E-state index in [0.717, 1.165) is 107 Å². The third-order valence-electron chi connectivity index (χ3n) is 9.51. The van der Waals surface area contributed by atoms with Gasteiger partial charge in [0.15, 0.2) is 0 Å². The summed E-state index contributed by atoms with van der Waals surface area (Å²) in [5.74, 6) is -0.289. The first-order valence-corrected chi connectivity index (χ1v) is 17.3. The number of hydrogen-bond acceptors (Lipinski definition) is 6. The van der Waals surface area contributed by atoms with Crippen molar-refractivity contribution in [1.82, 2.24) is 9.80 Å². The Kier molecular flexibility index (Phi) is 13.3. The smallest absolute Gasteiger partial charge is 0.261 e. The molecule has 7 heteroatoms. The average Bonchev–Trinajstić information content (AvgIpc) is 2.99. The Hall–Kier alpha value is -2.48. The Morgan fingerprint density at radius 2 is 1.33 bits per heavy atom. The van der Waals surface area contributed by atoms with E-state index in [2.05, 4.69) is 35.8 Å². The Bertz CT molecular complexity index is 1140. The number of anilines is 1. The van der Waals surface area contributed by atoms with E-state index in [4.69, 9.17) is 11.5 Å². The highest BCUT2D eigenvalue weighted by Gasteiger charge is 2.33. The molecular weight excluding hydrogens is 534 g/mol. The number of amides is 2. The third-order valence-corrected chi connectivity index (χ3v) is 9.51. The average molecular weight is 592 g/mol. The Balaban J connectivity index is 1.21. The minimum atomic E-state index is -0.145. The van der Waals surface area contributed by atoms with Crippen molar-refractivity contribution in [2.45, 2.75) is 116 Å². The van der Waals surface area contributed by atoms with E-state index in [1.54, 1.807) is 0 Å². The Morgan fingerprint density at radius 1 is 0.721 bits per heavy atom. The quantitative estimate of drug-likeness (QED) is 0.124. The summed E-state index contributed by atoms with van der Waals surface area (Å²) in [7, 11) is 0. The number of rotatable bonds is 21. The number of nitrogens with zero attached hydrogens (tertiary/aromatic N) is 3. The molecule has 2 aromatic carbocycles. The van der Waals surface area contributed by atoms with Crippen molar-refractivity contribution in [3.05, 3.63) is 41.5 Å². The zero-order valence-electron chi connectivity index (χ0n) is 27.0. The summed E-state index contributed by atoms with van der Waals surface area (Å²) in [5, 5.41) is 1.86. The Morgan fingerprint density at radius 3 is 1.93 bits per heavy atom. The lowest BCUT2D eigenvalue weighted by molar-refractivity contribution is 0.0607. The van der Waals surface area contributed by atoms with Gasteiger partial charge in [0, 0.05) is 59.3 Å². The number of unbranched alkanes of at least 4 members (excludes halogenated alkanes) is 6. The van der Waals surface area contributed by atoms with E-state index in [1.165, 1.54) is 37.0 Å². The predicted molar refractivity (Wildman–Crippen MR) is 180 cm³/mol. The van der Waals surface area contributed by atoms with Crippen molar-refractivity contribution in [2.24, 2.45) is 11.5 Å². The van der Waals surface area contributed by atoms with Gasteiger partial charge >= 0.3 is 0 Å². The van der Waals surface area contributed by atoms with Crippen LogP contribution in [-0.4, -0.2) is 73.0 Å². The number of carbonyl (C=O) groups excluding carboxylic acids is 2. The van der Waals surface area contributed by atoms with Crippen molar-refractivity contribution < 1.29 is 9.59 Å². The van der Waals surface area contributed by atoms with E-state index in [9.17, 15) is 9.59 Å². The Labute approximate surface area is 260 Å². The van der Waals surface area contributed by atoms with Gasteiger partial charge in [-0.25, -0.2) is 0 Å². The highest BCUT2D eigenvalue weighted by molar-refractivity contribution is 6.26. The number of imide groups is 1. The monoisotopic (exact) mass is 591 g/mol. The van der Waals surface area contributed by atoms with Crippen molar-refractivity contribution in [3.63, 3.8) is 0 Å². The number of nitrogens with two attached hydrogens (primary N) is 2. The molecule has 43 heavy (non-hydrogen) atoms. The van der Waals surface area contributed by atoms with Gasteiger partial charge < -0.3 is 21.3 Å². The minimum Gasteiger partial charge on any atom is -0.371 e. The molecule has 2 atom stereocenters. The van der Waals surface area contributed by atoms with Crippen LogP contribution in [-0.2, 0) is 0 Å². The van der Waals surface area contributed by atoms with Crippen molar-refractivity contribution in [3.8, 4) is 0 Å². The zero-order chi connectivity index (χ0) is 30.6. The van der Waals surface area contributed by atoms with Gasteiger partial charge in [0.1, 0.15) is 0 Å². The molecule has 2 heterocycles. The molecule has 0 aromatic heterocycles. The maximum atomic E-state index is 13.4. The number of carbonyl (C=O) groups is 2. The second-order valence-electron chi connectivity index (χ2n) is 13.0. The van der Waals surface area contributed by atoms with Gasteiger partial charge in [-0.05, 0) is 82.8 Å². The first-order valence-electron chi connectivity index (χ1n) is 17.3. The van der Waals surface area contributed by atoms with Crippen LogP contribution in [0.1, 0.15) is 124 Å². The summed E-state index contributed by atoms with van der Waals surface area (Å²) >= 11 is 0. The second kappa shape index (κ2) is 17.1. The highest BCUT2D eigenvalue weighted by Crippen LogP contribution is 2.37. The van der Waals surface area contributed by atoms with E-state index in [-0.39, 0.29) is 23.9 Å². The molecule has 0 saturated carbocycles. The molecule has 238 valence electrons. The van der Waals surface area contributed by atoms with E-state index in [1.807, 2.05) is 18.2 Å². The summed E-state index contributed by atoms with van der Waals surface area (Å²) in [6.07, 6.45) is 15.6. The van der Waals surface area contributed by atoms with Crippen LogP contribution in [0.2, 0.25) is 0 Å². The van der Waals surface area contributed by atoms with Crippen LogP contribution in [0.4, 0.5) is 5.69 Å². The largest absolute Gasteiger partial charge is 0.371 e. The molecule has 4 N–H and O–H groups in total. The molecule has 2 aromatic rings. The molecule has 0 radical (unpaired) electrons. The molecule has 2 aliphatic rings. The molecule has 0 bridgehead atoms. The molecule has 0 spiro atoms. The van der Waals surface area contributed by atoms with Crippen LogP contribution >= 0.6 is 0 Å². The maximum absolute atomic E-state index is 13.4. The van der Waals surface area contributed by atoms with Gasteiger partial charge in [-0.2, -0.15) is 0 Å². The number of benzene rings is 2. The summed E-state index contributed by atoms with van der Waals surface area (Å²) in [6.45, 7) is 10.2. The molecule has 0 aliphatic carbocycles. The van der Waals surface area contributed by atoms with Crippen molar-refractivity contribution >= 4 is 28.3 Å². The lowest BCUT2D eigenvalue weighted by atomic mass is 9.92. The topological polar surface area (TPSA) is 95.9 Å². The molecule has 2 aliphatic heterocycles. The molecular formula is C36H57N5O2. The molecule has 1 saturated heterocycles. The van der Waals surface area contributed by atoms with Gasteiger partial charge in [-0.15, -0.1) is 0 Å². The fourth-order valence-electron chi connectivity index (χ4n) is 6.56. The lowest BCUT2D eigenvalue weighted by Gasteiger charge is -2.35. The van der Waals surface area contributed by atoms with Crippen LogP contribution in [0, 0.1) is 0 Å². The van der Waals surface area contributed by atoms with Crippen molar-refractivity contribution in [1.29, 1.82) is 0 Å². The van der Waals surface area contributed by atoms with Gasteiger partial charge in [-0.3, -0.25) is 14.5 Å². The van der Waals surface area contributed by atoms with Gasteiger partial charge in [0.2, 0.25) is 0 Å². The molecule has 2 amide bonds. The molecule has 2 unspecified atom stereocenters. The maximum Gasteiger partial charge on any atom is 0.261 e. The zero-order valence-corrected chi connectivity index (χ0v) is 27.0. The summed E-state index contributed by atoms with van der Waals surface area (Å²) in [5.41, 5.74) is 15.2. The molecule has 7 nitrogen and oxygen atoms in total. The summed E-state index contributed by atoms with van der Waals surface area (Å²) in [4.78, 5) is 33.2. The van der Waals surface area contributed by atoms with Gasteiger partial charge in [-0.1, -0.05) is 70.9 Å². The van der Waals surface area contributed by atoms with Crippen LogP contribution < -0.4 is 16.4 Å². The first-order chi connectivity index (χ1) is 20.9. The fourth-order valence-corrected chi connectivity index (χ4v) is 6.56. The van der Waals surface area contributed by atoms with Crippen molar-refractivity contribution in [2.75, 3.05) is 44.2 Å². The highest BCUT2D eigenvalue weighted by atomic mass is 16.2. The normalized spacial score (nSPS) is 16.3. The molecule has 1 fully saturated rings. The van der Waals surface area contributed by atoms with Crippen LogP contribution in [0.25, 0.3) is 10.8 Å². The van der Waals surface area contributed by atoms with Gasteiger partial charge in [0.05, 0.1) is 0 Å². The lowest BCUT2D eigenvalue weighted by Crippen LogP contribution is -2.41. The second-order valence-corrected chi connectivity index (χ2v) is 13.0. The van der Waals surface area contributed by atoms with Gasteiger partial charge in [0.25, 0.3) is 11.8 Å². The SMILES string of the molecule is CCCCC(N)CCN(CCCCCCCN1C(=O)c2cccc3c(N4CCC4)ccc(c23)C1=O)CCC(N)CCCC. The third kappa shape index (κ3) is 9.02. The van der Waals surface area contributed by atoms with E-state index >= 15 is 0 Å². The summed E-state index contributed by atoms with van der Waals surface area (Å²) < 4.78 is 0. The van der Waals surface area contributed by atoms with Crippen LogP contribution in [0.15, 0.2) is 30.3 Å². The predicted octanol–water partition coefficient (Wildman–Crippen LogP) is 6.71. The summed E-state index contributed by atoms with van der Waals surface area (Å²) in [6, 6.07) is 10.5. The van der Waals surface area contributed by atoms with E-state index < -0.39 is 0 Å². The minimum absolute atomic E-state index is 0.145. The fraction of sp³-hybridized carbons (Fsp3) is 0.667. The number of hydrogen-bond donors (Lipinski definition) is 2. The van der Waals surface area contributed by atoms with Crippen LogP contribution in [0.3, 0.4) is 0 Å².